The van der Waals surface area contributed by atoms with Crippen molar-refractivity contribution in [1.82, 2.24) is 9.97 Å². The highest BCUT2D eigenvalue weighted by Gasteiger charge is 2.29. The average Bonchev–Trinajstić information content (AvgIpc) is 3.26. The fraction of sp³-hybridized carbons (Fsp3) is 0.300. The summed E-state index contributed by atoms with van der Waals surface area (Å²) in [6.45, 7) is 3.46. The van der Waals surface area contributed by atoms with Crippen LogP contribution in [0.1, 0.15) is 23.8 Å². The molecule has 0 saturated carbocycles. The fourth-order valence-electron chi connectivity index (χ4n) is 3.03. The van der Waals surface area contributed by atoms with Crippen molar-refractivity contribution >= 4 is 39.9 Å². The molecule has 0 aliphatic heterocycles. The van der Waals surface area contributed by atoms with Crippen LogP contribution >= 0.6 is 22.9 Å². The average molecular weight is 434 g/mol. The van der Waals surface area contributed by atoms with Crippen molar-refractivity contribution in [2.45, 2.75) is 26.7 Å². The molecular weight excluding hydrogens is 414 g/mol. The highest BCUT2D eigenvalue weighted by Crippen LogP contribution is 2.32. The van der Waals surface area contributed by atoms with Crippen molar-refractivity contribution in [3.63, 3.8) is 0 Å². The number of anilines is 1. The van der Waals surface area contributed by atoms with Crippen LogP contribution < -0.4 is 4.90 Å². The summed E-state index contributed by atoms with van der Waals surface area (Å²) in [4.78, 5) is 34.6. The molecule has 0 aliphatic carbocycles. The number of amides is 1. The monoisotopic (exact) mass is 433 g/mol. The highest BCUT2D eigenvalue weighted by molar-refractivity contribution is 7.14. The summed E-state index contributed by atoms with van der Waals surface area (Å²) >= 11 is 7.52. The molecule has 0 bridgehead atoms. The minimum Gasteiger partial charge on any atom is -0.481 e. The zero-order chi connectivity index (χ0) is 21.1. The molecule has 7 nitrogen and oxygen atoms in total. The van der Waals surface area contributed by atoms with Crippen LogP contribution in [0.15, 0.2) is 34.1 Å². The van der Waals surface area contributed by atoms with Gasteiger partial charge in [-0.15, -0.1) is 11.3 Å². The lowest BCUT2D eigenvalue weighted by molar-refractivity contribution is -0.140. The molecule has 0 aliphatic rings. The Morgan fingerprint density at radius 2 is 2.00 bits per heavy atom. The number of hydrogen-bond donors (Lipinski definition) is 1. The van der Waals surface area contributed by atoms with E-state index in [2.05, 4.69) is 9.97 Å². The Balaban J connectivity index is 1.83. The van der Waals surface area contributed by atoms with Gasteiger partial charge in [0.25, 0.3) is 0 Å². The number of nitrogens with zero attached hydrogens (tertiary/aromatic N) is 3. The van der Waals surface area contributed by atoms with E-state index < -0.39 is 11.9 Å². The van der Waals surface area contributed by atoms with Gasteiger partial charge in [-0.2, -0.15) is 0 Å². The lowest BCUT2D eigenvalue weighted by Gasteiger charge is -2.20. The van der Waals surface area contributed by atoms with E-state index >= 15 is 0 Å². The van der Waals surface area contributed by atoms with E-state index in [-0.39, 0.29) is 18.7 Å². The number of aliphatic carboxylic acids is 1. The number of oxazole rings is 1. The van der Waals surface area contributed by atoms with Crippen LogP contribution in [0.5, 0.6) is 0 Å². The molecule has 1 unspecified atom stereocenters. The zero-order valence-electron chi connectivity index (χ0n) is 16.2. The number of carboxylic acid groups (broad SMARTS) is 1. The summed E-state index contributed by atoms with van der Waals surface area (Å²) in [5.41, 5.74) is 2.02. The van der Waals surface area contributed by atoms with Crippen LogP contribution in [-0.2, 0) is 16.0 Å². The van der Waals surface area contributed by atoms with Crippen LogP contribution in [0.4, 0.5) is 5.13 Å². The molecule has 0 saturated heterocycles. The number of aromatic nitrogens is 2. The number of carbonyl (C=O) groups is 2. The minimum atomic E-state index is -1.05. The van der Waals surface area contributed by atoms with E-state index in [0.717, 1.165) is 5.56 Å². The number of thiazole rings is 1. The quantitative estimate of drug-likeness (QED) is 0.594. The topological polar surface area (TPSA) is 96.5 Å². The zero-order valence-corrected chi connectivity index (χ0v) is 17.8. The molecule has 29 heavy (non-hydrogen) atoms. The molecule has 1 atom stereocenters. The maximum absolute atomic E-state index is 13.1. The second-order valence-electron chi connectivity index (χ2n) is 6.63. The van der Waals surface area contributed by atoms with Crippen molar-refractivity contribution in [2.75, 3.05) is 11.9 Å². The summed E-state index contributed by atoms with van der Waals surface area (Å²) in [6, 6.07) is 7.32. The smallest absolute Gasteiger partial charge is 0.304 e. The van der Waals surface area contributed by atoms with Crippen molar-refractivity contribution in [1.29, 1.82) is 0 Å². The Hall–Kier alpha value is -2.71. The van der Waals surface area contributed by atoms with Gasteiger partial charge in [0.05, 0.1) is 23.7 Å². The Bertz CT molecular complexity index is 1050. The maximum Gasteiger partial charge on any atom is 0.304 e. The number of carbonyl (C=O) groups excluding carboxylic acids is 1. The van der Waals surface area contributed by atoms with E-state index in [9.17, 15) is 14.7 Å². The molecule has 3 aromatic rings. The van der Waals surface area contributed by atoms with E-state index in [0.29, 0.717) is 33.2 Å². The molecular formula is C20H20ClN3O4S. The Morgan fingerprint density at radius 3 is 2.62 bits per heavy atom. The molecule has 0 spiro atoms. The second kappa shape index (κ2) is 8.75. The fourth-order valence-corrected chi connectivity index (χ4v) is 4.06. The Labute approximate surface area is 177 Å². The molecule has 0 radical (unpaired) electrons. The first-order valence-corrected chi connectivity index (χ1v) is 10.1. The third kappa shape index (κ3) is 4.83. The first-order valence-electron chi connectivity index (χ1n) is 8.89. The van der Waals surface area contributed by atoms with Gasteiger partial charge in [0.2, 0.25) is 5.91 Å². The second-order valence-corrected chi connectivity index (χ2v) is 7.87. The van der Waals surface area contributed by atoms with Crippen molar-refractivity contribution in [2.24, 2.45) is 5.92 Å². The summed E-state index contributed by atoms with van der Waals surface area (Å²) in [6.07, 6.45) is -0.126. The highest BCUT2D eigenvalue weighted by atomic mass is 35.5. The number of hydrogen-bond acceptors (Lipinski definition) is 6. The van der Waals surface area contributed by atoms with E-state index in [1.807, 2.05) is 23.6 Å². The lowest BCUT2D eigenvalue weighted by atomic mass is 9.97. The van der Waals surface area contributed by atoms with Gasteiger partial charge >= 0.3 is 5.97 Å². The summed E-state index contributed by atoms with van der Waals surface area (Å²) in [5, 5.41) is 12.1. The molecule has 2 heterocycles. The third-order valence-corrected chi connectivity index (χ3v) is 5.72. The summed E-state index contributed by atoms with van der Waals surface area (Å²) < 4.78 is 5.40. The van der Waals surface area contributed by atoms with Gasteiger partial charge < -0.3 is 9.52 Å². The van der Waals surface area contributed by atoms with Gasteiger partial charge in [0.15, 0.2) is 11.0 Å². The van der Waals surface area contributed by atoms with Crippen molar-refractivity contribution in [3.8, 4) is 11.3 Å². The van der Waals surface area contributed by atoms with E-state index in [1.54, 1.807) is 27.0 Å². The first kappa shape index (κ1) is 21.0. The molecule has 1 amide bonds. The molecule has 2 aromatic heterocycles. The molecule has 9 heteroatoms. The van der Waals surface area contributed by atoms with Crippen LogP contribution in [0.25, 0.3) is 11.3 Å². The molecule has 152 valence electrons. The first-order chi connectivity index (χ1) is 13.8. The van der Waals surface area contributed by atoms with Gasteiger partial charge in [-0.25, -0.2) is 9.97 Å². The largest absolute Gasteiger partial charge is 0.481 e. The number of benzene rings is 1. The van der Waals surface area contributed by atoms with Crippen LogP contribution in [-0.4, -0.2) is 34.0 Å². The molecule has 1 aromatic carbocycles. The maximum atomic E-state index is 13.1. The Kier molecular flexibility index (Phi) is 6.34. The summed E-state index contributed by atoms with van der Waals surface area (Å²) in [5.74, 6) is -1.10. The van der Waals surface area contributed by atoms with Crippen molar-refractivity contribution < 1.29 is 19.1 Å². The minimum absolute atomic E-state index is 0.182. The molecule has 1 N–H and O–H groups in total. The van der Waals surface area contributed by atoms with Crippen LogP contribution in [0.3, 0.4) is 0 Å². The van der Waals surface area contributed by atoms with Crippen LogP contribution in [0.2, 0.25) is 5.02 Å². The van der Waals surface area contributed by atoms with Gasteiger partial charge in [-0.1, -0.05) is 29.8 Å². The van der Waals surface area contributed by atoms with Gasteiger partial charge in [-0.3, -0.25) is 14.5 Å². The van der Waals surface area contributed by atoms with Gasteiger partial charge in [0.1, 0.15) is 5.76 Å². The van der Waals surface area contributed by atoms with Gasteiger partial charge in [-0.05, 0) is 13.0 Å². The third-order valence-electron chi connectivity index (χ3n) is 4.47. The van der Waals surface area contributed by atoms with Gasteiger partial charge in [0, 0.05) is 36.4 Å². The standard InChI is InChI=1S/C20H20ClN3O4S/c1-11-16(22-12(2)28-11)8-13(9-18(25)26)19(27)24(3)20-23-17(10-29-20)14-6-4-5-7-15(14)21/h4-7,10,13H,8-9H2,1-3H3,(H,25,26). The predicted molar refractivity (Wildman–Crippen MR) is 111 cm³/mol. The van der Waals surface area contributed by atoms with E-state index in [4.69, 9.17) is 16.0 Å². The number of halogens is 1. The number of aryl methyl sites for hydroxylation is 2. The normalized spacial score (nSPS) is 12.0. The number of carboxylic acids is 1. The molecule has 0 fully saturated rings. The predicted octanol–water partition coefficient (Wildman–Crippen LogP) is 4.36. The van der Waals surface area contributed by atoms with Crippen LogP contribution in [0, 0.1) is 19.8 Å². The van der Waals surface area contributed by atoms with Crippen molar-refractivity contribution in [3.05, 3.63) is 52.0 Å². The summed E-state index contributed by atoms with van der Waals surface area (Å²) in [7, 11) is 1.59. The molecule has 3 rings (SSSR count). The van der Waals surface area contributed by atoms with E-state index in [1.165, 1.54) is 16.2 Å². The number of rotatable bonds is 7. The lowest BCUT2D eigenvalue weighted by Crippen LogP contribution is -2.35. The Morgan fingerprint density at radius 1 is 1.28 bits per heavy atom. The SMILES string of the molecule is Cc1nc(CC(CC(=O)O)C(=O)N(C)c2nc(-c3ccccc3Cl)cs2)c(C)o1.